The van der Waals surface area contributed by atoms with E-state index in [0.717, 1.165) is 11.1 Å². The topological polar surface area (TPSA) is 113 Å². The second kappa shape index (κ2) is 15.6. The van der Waals surface area contributed by atoms with E-state index >= 15 is 0 Å². The summed E-state index contributed by atoms with van der Waals surface area (Å²) in [5.41, 5.74) is 2.86. The van der Waals surface area contributed by atoms with Crippen LogP contribution in [0.5, 0.6) is 11.5 Å². The maximum atomic E-state index is 13.0. The van der Waals surface area contributed by atoms with Crippen molar-refractivity contribution in [3.63, 3.8) is 0 Å². The summed E-state index contributed by atoms with van der Waals surface area (Å²) in [5, 5.41) is 5.89. The number of amides is 3. The third-order valence-corrected chi connectivity index (χ3v) is 7.42. The highest BCUT2D eigenvalue weighted by molar-refractivity contribution is 6.33. The van der Waals surface area contributed by atoms with Crippen molar-refractivity contribution < 1.29 is 23.9 Å². The predicted molar refractivity (Wildman–Crippen MR) is 177 cm³/mol. The molecular formula is C35H34ClN5O5. The first kappa shape index (κ1) is 32.1. The fraction of sp³-hybridized carbons (Fsp3) is 0.200. The zero-order valence-electron chi connectivity index (χ0n) is 25.3. The zero-order valence-corrected chi connectivity index (χ0v) is 26.1. The summed E-state index contributed by atoms with van der Waals surface area (Å²) < 4.78 is 11.5. The minimum absolute atomic E-state index is 0.0229. The molecule has 0 spiro atoms. The highest BCUT2D eigenvalue weighted by Crippen LogP contribution is 2.35. The molecule has 0 saturated heterocycles. The number of ether oxygens (including phenoxy) is 2. The van der Waals surface area contributed by atoms with E-state index in [1.54, 1.807) is 71.4 Å². The van der Waals surface area contributed by atoms with E-state index in [2.05, 4.69) is 10.6 Å². The Kier molecular flexibility index (Phi) is 10.9. The third-order valence-electron chi connectivity index (χ3n) is 7.09. The van der Waals surface area contributed by atoms with Gasteiger partial charge in [-0.15, -0.1) is 0 Å². The Hall–Kier alpha value is -5.35. The van der Waals surface area contributed by atoms with Crippen molar-refractivity contribution in [3.05, 3.63) is 119 Å². The molecule has 0 atom stereocenters. The number of aliphatic imine (C=N–C) groups is 1. The Labute approximate surface area is 272 Å². The van der Waals surface area contributed by atoms with Crippen LogP contribution in [0.1, 0.15) is 24.0 Å². The first-order valence-electron chi connectivity index (χ1n) is 14.8. The minimum atomic E-state index is -0.763. The van der Waals surface area contributed by atoms with Crippen LogP contribution in [0, 0.1) is 0 Å². The standard InChI is InChI=1S/C35H34ClN5O5/c1-40(22-25-12-4-2-5-13-25)32(43)20-11-21-45-30-19-10-14-26-23-41(24-31(42)37-29-18-9-8-17-28(29)36)34(38-33(26)30)39-35(44)46-27-15-6-3-7-16-27/h2-10,12-19H,11,20-24H2,1H3,(H,37,42)(H,38,39,44). The summed E-state index contributed by atoms with van der Waals surface area (Å²) in [6, 6.07) is 30.9. The SMILES string of the molecule is CN(Cc1ccccc1)C(=O)CCCOc1cccc2c1N=C(NC(=O)Oc1ccccc1)N(CC(=O)Nc1ccccc1Cl)C2. The van der Waals surface area contributed by atoms with Gasteiger partial charge in [0.15, 0.2) is 0 Å². The van der Waals surface area contributed by atoms with Crippen molar-refractivity contribution in [1.29, 1.82) is 0 Å². The average Bonchev–Trinajstić information content (AvgIpc) is 3.05. The number of benzene rings is 4. The third kappa shape index (κ3) is 8.86. The number of rotatable bonds is 11. The lowest BCUT2D eigenvalue weighted by Gasteiger charge is -2.30. The van der Waals surface area contributed by atoms with E-state index in [4.69, 9.17) is 26.1 Å². The van der Waals surface area contributed by atoms with Crippen molar-refractivity contribution in [2.45, 2.75) is 25.9 Å². The number of carbonyl (C=O) groups excluding carboxylic acids is 3. The Balaban J connectivity index is 1.26. The molecule has 0 aliphatic carbocycles. The predicted octanol–water partition coefficient (Wildman–Crippen LogP) is 6.39. The molecule has 1 heterocycles. The molecule has 0 bridgehead atoms. The maximum Gasteiger partial charge on any atom is 0.419 e. The number of hydrogen-bond donors (Lipinski definition) is 2. The summed E-state index contributed by atoms with van der Waals surface area (Å²) in [7, 11) is 1.79. The lowest BCUT2D eigenvalue weighted by atomic mass is 10.1. The molecule has 236 valence electrons. The van der Waals surface area contributed by atoms with Crippen LogP contribution in [0.4, 0.5) is 16.2 Å². The van der Waals surface area contributed by atoms with Crippen LogP contribution in [-0.4, -0.2) is 53.9 Å². The van der Waals surface area contributed by atoms with Gasteiger partial charge >= 0.3 is 6.09 Å². The van der Waals surface area contributed by atoms with E-state index < -0.39 is 6.09 Å². The lowest BCUT2D eigenvalue weighted by molar-refractivity contribution is -0.130. The summed E-state index contributed by atoms with van der Waals surface area (Å²) in [5.74, 6) is 0.647. The van der Waals surface area contributed by atoms with Crippen LogP contribution < -0.4 is 20.1 Å². The molecule has 0 fully saturated rings. The van der Waals surface area contributed by atoms with E-state index in [1.165, 1.54) is 0 Å². The fourth-order valence-electron chi connectivity index (χ4n) is 4.81. The van der Waals surface area contributed by atoms with Gasteiger partial charge in [0.05, 0.1) is 17.3 Å². The van der Waals surface area contributed by atoms with Crippen LogP contribution >= 0.6 is 11.6 Å². The molecule has 5 rings (SSSR count). The number of anilines is 1. The number of fused-ring (bicyclic) bond motifs is 1. The second-order valence-electron chi connectivity index (χ2n) is 10.6. The van der Waals surface area contributed by atoms with Crippen LogP contribution in [0.2, 0.25) is 5.02 Å². The van der Waals surface area contributed by atoms with Crippen molar-refractivity contribution in [3.8, 4) is 11.5 Å². The number of para-hydroxylation sites is 3. The Morgan fingerprint density at radius 2 is 1.61 bits per heavy atom. The monoisotopic (exact) mass is 639 g/mol. The van der Waals surface area contributed by atoms with Gasteiger partial charge in [-0.2, -0.15) is 0 Å². The number of guanidine groups is 1. The number of halogens is 1. The first-order chi connectivity index (χ1) is 22.4. The van der Waals surface area contributed by atoms with Gasteiger partial charge in [-0.05, 0) is 42.3 Å². The Bertz CT molecular complexity index is 1700. The number of carbonyl (C=O) groups is 3. The molecule has 4 aromatic rings. The summed E-state index contributed by atoms with van der Waals surface area (Å²) in [6.45, 7) is 0.963. The molecule has 10 nitrogen and oxygen atoms in total. The lowest BCUT2D eigenvalue weighted by Crippen LogP contribution is -2.48. The van der Waals surface area contributed by atoms with E-state index in [9.17, 15) is 14.4 Å². The summed E-state index contributed by atoms with van der Waals surface area (Å²) in [4.78, 5) is 46.6. The highest BCUT2D eigenvalue weighted by Gasteiger charge is 2.26. The van der Waals surface area contributed by atoms with E-state index in [1.807, 2.05) is 48.5 Å². The number of hydrogen-bond acceptors (Lipinski definition) is 7. The Morgan fingerprint density at radius 3 is 2.37 bits per heavy atom. The van der Waals surface area contributed by atoms with Gasteiger partial charge in [0.1, 0.15) is 23.7 Å². The number of nitrogens with zero attached hydrogens (tertiary/aromatic N) is 3. The molecule has 11 heteroatoms. The van der Waals surface area contributed by atoms with Crippen LogP contribution in [-0.2, 0) is 22.7 Å². The largest absolute Gasteiger partial charge is 0.491 e. The van der Waals surface area contributed by atoms with Gasteiger partial charge < -0.3 is 24.6 Å². The summed E-state index contributed by atoms with van der Waals surface area (Å²) in [6.07, 6.45) is 0.0730. The van der Waals surface area contributed by atoms with Gasteiger partial charge in [0.25, 0.3) is 0 Å². The highest BCUT2D eigenvalue weighted by atomic mass is 35.5. The molecule has 4 aromatic carbocycles. The molecule has 3 amide bonds. The van der Waals surface area contributed by atoms with Crippen molar-refractivity contribution in [2.24, 2.45) is 4.99 Å². The molecule has 1 aliphatic rings. The first-order valence-corrected chi connectivity index (χ1v) is 15.2. The van der Waals surface area contributed by atoms with Gasteiger partial charge in [0.2, 0.25) is 17.8 Å². The van der Waals surface area contributed by atoms with Crippen molar-refractivity contribution in [2.75, 3.05) is 25.5 Å². The molecule has 1 aliphatic heterocycles. The zero-order chi connectivity index (χ0) is 32.3. The molecule has 0 unspecified atom stereocenters. The summed E-state index contributed by atoms with van der Waals surface area (Å²) >= 11 is 6.23. The van der Waals surface area contributed by atoms with Gasteiger partial charge in [-0.1, -0.05) is 84.4 Å². The average molecular weight is 640 g/mol. The molecule has 2 N–H and O–H groups in total. The smallest absolute Gasteiger partial charge is 0.419 e. The van der Waals surface area contributed by atoms with Crippen molar-refractivity contribution >= 4 is 46.8 Å². The van der Waals surface area contributed by atoms with Crippen LogP contribution in [0.25, 0.3) is 0 Å². The van der Waals surface area contributed by atoms with Crippen LogP contribution in [0.15, 0.2) is 108 Å². The van der Waals surface area contributed by atoms with Gasteiger partial charge in [0, 0.05) is 32.1 Å². The molecule has 0 radical (unpaired) electrons. The Morgan fingerprint density at radius 1 is 0.891 bits per heavy atom. The molecular weight excluding hydrogens is 606 g/mol. The molecule has 46 heavy (non-hydrogen) atoms. The van der Waals surface area contributed by atoms with Crippen LogP contribution in [0.3, 0.4) is 0 Å². The maximum absolute atomic E-state index is 13.0. The molecule has 0 aromatic heterocycles. The van der Waals surface area contributed by atoms with Gasteiger partial charge in [-0.25, -0.2) is 9.79 Å². The quantitative estimate of drug-likeness (QED) is 0.184. The minimum Gasteiger partial charge on any atom is -0.491 e. The molecule has 0 saturated carbocycles. The fourth-order valence-corrected chi connectivity index (χ4v) is 5.00. The van der Waals surface area contributed by atoms with E-state index in [0.29, 0.717) is 53.9 Å². The second-order valence-corrected chi connectivity index (χ2v) is 11.0. The number of nitrogens with one attached hydrogen (secondary N) is 2. The van der Waals surface area contributed by atoms with Gasteiger partial charge in [-0.3, -0.25) is 14.9 Å². The normalized spacial score (nSPS) is 12.0. The van der Waals surface area contributed by atoms with E-state index in [-0.39, 0.29) is 30.9 Å². The van der Waals surface area contributed by atoms with Crippen molar-refractivity contribution in [1.82, 2.24) is 15.1 Å².